The van der Waals surface area contributed by atoms with Gasteiger partial charge in [-0.05, 0) is 19.1 Å². The van der Waals surface area contributed by atoms with Crippen LogP contribution < -0.4 is 0 Å². The Hall–Kier alpha value is -1.59. The molecule has 0 radical (unpaired) electrons. The highest BCUT2D eigenvalue weighted by Crippen LogP contribution is 2.34. The smallest absolute Gasteiger partial charge is 0.321 e. The highest BCUT2D eigenvalue weighted by Gasteiger charge is 2.54. The molecule has 3 rings (SSSR count). The molecular formula is C13H12ClNO4. The topological polar surface area (TPSA) is 57.1 Å². The zero-order valence-electron chi connectivity index (χ0n) is 10.2. The first-order valence-corrected chi connectivity index (χ1v) is 6.40. The number of rotatable bonds is 3. The van der Waals surface area contributed by atoms with Crippen molar-refractivity contribution in [2.24, 2.45) is 11.1 Å². The summed E-state index contributed by atoms with van der Waals surface area (Å²) in [6.45, 7) is 2.28. The fraction of sp³-hybridized carbons (Fsp3) is 0.385. The third-order valence-electron chi connectivity index (χ3n) is 3.12. The molecule has 0 saturated carbocycles. The van der Waals surface area contributed by atoms with Gasteiger partial charge >= 0.3 is 5.97 Å². The Morgan fingerprint density at radius 2 is 2.11 bits per heavy atom. The zero-order chi connectivity index (χ0) is 13.4. The predicted molar refractivity (Wildman–Crippen MR) is 67.9 cm³/mol. The van der Waals surface area contributed by atoms with Gasteiger partial charge in [-0.25, -0.2) is 0 Å². The molecule has 100 valence electrons. The molecule has 0 N–H and O–H groups in total. The highest BCUT2D eigenvalue weighted by atomic mass is 35.5. The number of oxime groups is 1. The summed E-state index contributed by atoms with van der Waals surface area (Å²) in [6.07, 6.45) is -1.19. The Balaban J connectivity index is 1.86. The van der Waals surface area contributed by atoms with E-state index in [9.17, 15) is 4.79 Å². The SMILES string of the molecule is CCO[C@@H]1OC(=O)[C@@H]2C(c3ccc(Cl)cc3)=NO[C@@H]12. The molecule has 1 aromatic carbocycles. The van der Waals surface area contributed by atoms with Crippen LogP contribution in [0.4, 0.5) is 0 Å². The first-order valence-electron chi connectivity index (χ1n) is 6.02. The number of carbonyl (C=O) groups is 1. The van der Waals surface area contributed by atoms with E-state index in [0.717, 1.165) is 5.56 Å². The van der Waals surface area contributed by atoms with Crippen LogP contribution in [0, 0.1) is 5.92 Å². The van der Waals surface area contributed by atoms with Crippen LogP contribution in [0.2, 0.25) is 5.02 Å². The largest absolute Gasteiger partial charge is 0.431 e. The third kappa shape index (κ3) is 2.09. The molecule has 0 spiro atoms. The van der Waals surface area contributed by atoms with E-state index in [4.69, 9.17) is 25.9 Å². The standard InChI is InChI=1S/C13H12ClNO4/c1-2-17-13-11-9(12(16)18-13)10(15-19-11)7-3-5-8(14)6-4-7/h3-6,9,11,13H,2H2,1H3/t9-,11-,13-/m1/s1. The molecule has 0 aromatic heterocycles. The average Bonchev–Trinajstić information content (AvgIpc) is 2.94. The molecule has 19 heavy (non-hydrogen) atoms. The van der Waals surface area contributed by atoms with Gasteiger partial charge in [0.25, 0.3) is 0 Å². The lowest BCUT2D eigenvalue weighted by molar-refractivity contribution is -0.177. The molecule has 0 amide bonds. The van der Waals surface area contributed by atoms with Crippen molar-refractivity contribution in [3.05, 3.63) is 34.9 Å². The number of hydrogen-bond donors (Lipinski definition) is 0. The Bertz CT molecular complexity index is 528. The highest BCUT2D eigenvalue weighted by molar-refractivity contribution is 6.30. The van der Waals surface area contributed by atoms with E-state index in [-0.39, 0.29) is 5.97 Å². The summed E-state index contributed by atoms with van der Waals surface area (Å²) in [4.78, 5) is 17.2. The monoisotopic (exact) mass is 281 g/mol. The van der Waals surface area contributed by atoms with Gasteiger partial charge in [-0.1, -0.05) is 28.9 Å². The van der Waals surface area contributed by atoms with Gasteiger partial charge in [-0.15, -0.1) is 0 Å². The Labute approximate surface area is 115 Å². The number of benzene rings is 1. The normalized spacial score (nSPS) is 28.6. The first kappa shape index (κ1) is 12.4. The minimum Gasteiger partial charge on any atom is -0.431 e. The second-order valence-corrected chi connectivity index (χ2v) is 4.73. The lowest BCUT2D eigenvalue weighted by Gasteiger charge is -2.13. The first-order chi connectivity index (χ1) is 9.20. The van der Waals surface area contributed by atoms with Crippen molar-refractivity contribution >= 4 is 23.3 Å². The molecule has 0 unspecified atom stereocenters. The van der Waals surface area contributed by atoms with Crippen LogP contribution in [0.25, 0.3) is 0 Å². The number of nitrogens with zero attached hydrogens (tertiary/aromatic N) is 1. The van der Waals surface area contributed by atoms with Gasteiger partial charge in [0.15, 0.2) is 0 Å². The summed E-state index contributed by atoms with van der Waals surface area (Å²) in [5.41, 5.74) is 1.36. The van der Waals surface area contributed by atoms with Crippen molar-refractivity contribution in [1.82, 2.24) is 0 Å². The van der Waals surface area contributed by atoms with Crippen LogP contribution in [0.5, 0.6) is 0 Å². The van der Waals surface area contributed by atoms with Crippen molar-refractivity contribution in [3.63, 3.8) is 0 Å². The average molecular weight is 282 g/mol. The number of cyclic esters (lactones) is 1. The fourth-order valence-electron chi connectivity index (χ4n) is 2.24. The van der Waals surface area contributed by atoms with Gasteiger partial charge in [0.05, 0.1) is 0 Å². The molecule has 2 aliphatic heterocycles. The summed E-state index contributed by atoms with van der Waals surface area (Å²) < 4.78 is 10.5. The van der Waals surface area contributed by atoms with E-state index in [2.05, 4.69) is 5.16 Å². The molecular weight excluding hydrogens is 270 g/mol. The number of ether oxygens (including phenoxy) is 2. The van der Waals surface area contributed by atoms with Crippen LogP contribution in [-0.2, 0) is 19.1 Å². The van der Waals surface area contributed by atoms with Crippen LogP contribution in [-0.4, -0.2) is 30.7 Å². The van der Waals surface area contributed by atoms with Crippen LogP contribution in [0.3, 0.4) is 0 Å². The van der Waals surface area contributed by atoms with Crippen molar-refractivity contribution in [1.29, 1.82) is 0 Å². The molecule has 5 nitrogen and oxygen atoms in total. The van der Waals surface area contributed by atoms with Gasteiger partial charge < -0.3 is 14.3 Å². The molecule has 0 bridgehead atoms. The van der Waals surface area contributed by atoms with Gasteiger partial charge in [-0.3, -0.25) is 4.79 Å². The molecule has 0 aliphatic carbocycles. The second kappa shape index (κ2) is 4.83. The predicted octanol–water partition coefficient (Wildman–Crippen LogP) is 1.98. The van der Waals surface area contributed by atoms with E-state index < -0.39 is 18.3 Å². The van der Waals surface area contributed by atoms with Crippen LogP contribution in [0.1, 0.15) is 12.5 Å². The summed E-state index contributed by atoms with van der Waals surface area (Å²) in [5.74, 6) is -0.896. The van der Waals surface area contributed by atoms with Gasteiger partial charge in [-0.2, -0.15) is 0 Å². The number of esters is 1. The van der Waals surface area contributed by atoms with Crippen LogP contribution >= 0.6 is 11.6 Å². The molecule has 3 atom stereocenters. The summed E-state index contributed by atoms with van der Waals surface area (Å²) >= 11 is 5.84. The quantitative estimate of drug-likeness (QED) is 0.795. The second-order valence-electron chi connectivity index (χ2n) is 4.29. The minimum absolute atomic E-state index is 0.366. The summed E-state index contributed by atoms with van der Waals surface area (Å²) in [5, 5.41) is 4.62. The summed E-state index contributed by atoms with van der Waals surface area (Å²) in [7, 11) is 0. The summed E-state index contributed by atoms with van der Waals surface area (Å²) in [6, 6.07) is 7.09. The number of hydrogen-bond acceptors (Lipinski definition) is 5. The van der Waals surface area contributed by atoms with Crippen molar-refractivity contribution in [2.75, 3.05) is 6.61 Å². The van der Waals surface area contributed by atoms with E-state index in [1.165, 1.54) is 0 Å². The van der Waals surface area contributed by atoms with Crippen molar-refractivity contribution in [3.8, 4) is 0 Å². The van der Waals surface area contributed by atoms with Gasteiger partial charge in [0.1, 0.15) is 11.6 Å². The van der Waals surface area contributed by atoms with Crippen LogP contribution in [0.15, 0.2) is 29.4 Å². The lowest BCUT2D eigenvalue weighted by atomic mass is 9.94. The van der Waals surface area contributed by atoms with E-state index in [0.29, 0.717) is 17.3 Å². The zero-order valence-corrected chi connectivity index (χ0v) is 11.0. The number of halogens is 1. The minimum atomic E-state index is -0.684. The van der Waals surface area contributed by atoms with E-state index >= 15 is 0 Å². The molecule has 1 fully saturated rings. The maximum absolute atomic E-state index is 11.9. The van der Waals surface area contributed by atoms with E-state index in [1.54, 1.807) is 24.3 Å². The van der Waals surface area contributed by atoms with Crippen molar-refractivity contribution < 1.29 is 19.1 Å². The molecule has 1 aromatic rings. The van der Waals surface area contributed by atoms with Gasteiger partial charge in [0.2, 0.25) is 12.4 Å². The van der Waals surface area contributed by atoms with E-state index in [1.807, 2.05) is 6.92 Å². The maximum atomic E-state index is 11.9. The Kier molecular flexibility index (Phi) is 3.16. The maximum Gasteiger partial charge on any atom is 0.321 e. The molecule has 2 heterocycles. The fourth-order valence-corrected chi connectivity index (χ4v) is 2.37. The molecule has 1 saturated heterocycles. The third-order valence-corrected chi connectivity index (χ3v) is 3.37. The number of fused-ring (bicyclic) bond motifs is 1. The lowest BCUT2D eigenvalue weighted by Crippen LogP contribution is -2.30. The number of carbonyl (C=O) groups excluding carboxylic acids is 1. The van der Waals surface area contributed by atoms with Crippen molar-refractivity contribution in [2.45, 2.75) is 19.3 Å². The molecule has 2 aliphatic rings. The Morgan fingerprint density at radius 1 is 1.37 bits per heavy atom. The molecule has 6 heteroatoms. The Morgan fingerprint density at radius 3 is 2.79 bits per heavy atom. The van der Waals surface area contributed by atoms with Gasteiger partial charge in [0, 0.05) is 17.2 Å².